The highest BCUT2D eigenvalue weighted by atomic mass is 14.9. The minimum Gasteiger partial charge on any atom is -0.384 e. The number of nitrogens with two attached hydrogens (primary N) is 1. The Labute approximate surface area is 90.3 Å². The van der Waals surface area contributed by atoms with Crippen LogP contribution in [-0.2, 0) is 0 Å². The van der Waals surface area contributed by atoms with Gasteiger partial charge in [-0.15, -0.1) is 0 Å². The van der Waals surface area contributed by atoms with Gasteiger partial charge in [0.05, 0.1) is 11.9 Å². The molecule has 1 atom stereocenters. The van der Waals surface area contributed by atoms with Crippen molar-refractivity contribution in [2.45, 2.75) is 12.8 Å². The molecule has 0 spiro atoms. The van der Waals surface area contributed by atoms with Crippen LogP contribution in [0.15, 0.2) is 18.3 Å². The summed E-state index contributed by atoms with van der Waals surface area (Å²) in [6.07, 6.45) is 4.31. The van der Waals surface area contributed by atoms with Gasteiger partial charge in [0.15, 0.2) is 0 Å². The van der Waals surface area contributed by atoms with Crippen LogP contribution < -0.4 is 16.4 Å². The molecule has 0 saturated carbocycles. The van der Waals surface area contributed by atoms with E-state index in [1.165, 1.54) is 25.9 Å². The molecule has 4 N–H and O–H groups in total. The summed E-state index contributed by atoms with van der Waals surface area (Å²) in [6, 6.07) is 3.79. The van der Waals surface area contributed by atoms with Gasteiger partial charge in [-0.25, -0.2) is 4.98 Å². The number of nitrogens with one attached hydrogen (secondary N) is 2. The number of hydrogen-bond donors (Lipinski definition) is 3. The molecule has 15 heavy (non-hydrogen) atoms. The van der Waals surface area contributed by atoms with E-state index in [0.717, 1.165) is 18.2 Å². The molecule has 1 unspecified atom stereocenters. The number of nitrogen functional groups attached to an aromatic ring is 1. The van der Waals surface area contributed by atoms with Crippen LogP contribution in [0.1, 0.15) is 12.8 Å². The van der Waals surface area contributed by atoms with E-state index in [-0.39, 0.29) is 0 Å². The molecule has 0 amide bonds. The molecule has 1 aromatic rings. The van der Waals surface area contributed by atoms with Gasteiger partial charge in [0.1, 0.15) is 5.82 Å². The van der Waals surface area contributed by atoms with Crippen LogP contribution in [-0.4, -0.2) is 24.6 Å². The lowest BCUT2D eigenvalue weighted by atomic mass is 10.1. The maximum Gasteiger partial charge on any atom is 0.123 e. The minimum atomic E-state index is 0.570. The van der Waals surface area contributed by atoms with Crippen LogP contribution in [0.3, 0.4) is 0 Å². The zero-order valence-electron chi connectivity index (χ0n) is 8.87. The Morgan fingerprint density at radius 1 is 1.53 bits per heavy atom. The molecule has 1 saturated heterocycles. The maximum absolute atomic E-state index is 5.51. The first-order valence-electron chi connectivity index (χ1n) is 5.51. The predicted molar refractivity (Wildman–Crippen MR) is 62.7 cm³/mol. The number of rotatable bonds is 4. The van der Waals surface area contributed by atoms with Crippen molar-refractivity contribution >= 4 is 11.5 Å². The van der Waals surface area contributed by atoms with E-state index in [9.17, 15) is 0 Å². The van der Waals surface area contributed by atoms with E-state index in [1.54, 1.807) is 6.20 Å². The van der Waals surface area contributed by atoms with Gasteiger partial charge in [-0.2, -0.15) is 0 Å². The van der Waals surface area contributed by atoms with Crippen molar-refractivity contribution in [1.29, 1.82) is 0 Å². The average Bonchev–Trinajstić information content (AvgIpc) is 2.74. The lowest BCUT2D eigenvalue weighted by molar-refractivity contribution is 0.549. The number of nitrogens with zero attached hydrogens (tertiary/aromatic N) is 1. The molecule has 1 fully saturated rings. The first kappa shape index (κ1) is 10.2. The lowest BCUT2D eigenvalue weighted by Crippen LogP contribution is -2.12. The summed E-state index contributed by atoms with van der Waals surface area (Å²) in [5.74, 6) is 1.40. The van der Waals surface area contributed by atoms with Gasteiger partial charge in [-0.1, -0.05) is 0 Å². The number of aromatic nitrogens is 1. The van der Waals surface area contributed by atoms with Crippen LogP contribution >= 0.6 is 0 Å². The zero-order chi connectivity index (χ0) is 10.5. The topological polar surface area (TPSA) is 63.0 Å². The molecule has 0 bridgehead atoms. The number of anilines is 2. The summed E-state index contributed by atoms with van der Waals surface area (Å²) >= 11 is 0. The summed E-state index contributed by atoms with van der Waals surface area (Å²) < 4.78 is 0. The molecular weight excluding hydrogens is 188 g/mol. The summed E-state index contributed by atoms with van der Waals surface area (Å²) in [4.78, 5) is 4.03. The molecule has 4 nitrogen and oxygen atoms in total. The smallest absolute Gasteiger partial charge is 0.123 e. The molecule has 2 rings (SSSR count). The van der Waals surface area contributed by atoms with E-state index in [4.69, 9.17) is 5.73 Å². The van der Waals surface area contributed by atoms with E-state index in [0.29, 0.717) is 5.82 Å². The van der Waals surface area contributed by atoms with Crippen LogP contribution in [0.2, 0.25) is 0 Å². The van der Waals surface area contributed by atoms with Gasteiger partial charge >= 0.3 is 0 Å². The minimum absolute atomic E-state index is 0.570. The average molecular weight is 206 g/mol. The Morgan fingerprint density at radius 2 is 2.47 bits per heavy atom. The van der Waals surface area contributed by atoms with Crippen molar-refractivity contribution in [3.05, 3.63) is 18.3 Å². The van der Waals surface area contributed by atoms with E-state index < -0.39 is 0 Å². The molecule has 0 radical (unpaired) electrons. The fourth-order valence-electron chi connectivity index (χ4n) is 1.89. The quantitative estimate of drug-likeness (QED) is 0.689. The first-order valence-corrected chi connectivity index (χ1v) is 5.51. The van der Waals surface area contributed by atoms with Gasteiger partial charge in [0.25, 0.3) is 0 Å². The molecular formula is C11H18N4. The van der Waals surface area contributed by atoms with Gasteiger partial charge < -0.3 is 16.4 Å². The largest absolute Gasteiger partial charge is 0.384 e. The molecule has 1 aromatic heterocycles. The summed E-state index contributed by atoms with van der Waals surface area (Å²) in [7, 11) is 0. The van der Waals surface area contributed by atoms with Crippen molar-refractivity contribution in [2.75, 3.05) is 30.7 Å². The van der Waals surface area contributed by atoms with Crippen LogP contribution in [0.5, 0.6) is 0 Å². The Kier molecular flexibility index (Phi) is 3.40. The molecule has 4 heteroatoms. The molecule has 0 aliphatic carbocycles. The highest BCUT2D eigenvalue weighted by Gasteiger charge is 2.13. The number of pyridine rings is 1. The van der Waals surface area contributed by atoms with Crippen molar-refractivity contribution in [2.24, 2.45) is 5.92 Å². The fourth-order valence-corrected chi connectivity index (χ4v) is 1.89. The SMILES string of the molecule is Nc1ccc(NCCC2CCNC2)cn1. The second-order valence-electron chi connectivity index (χ2n) is 4.05. The summed E-state index contributed by atoms with van der Waals surface area (Å²) in [5, 5.41) is 6.72. The van der Waals surface area contributed by atoms with E-state index in [1.807, 2.05) is 12.1 Å². The van der Waals surface area contributed by atoms with Crippen molar-refractivity contribution < 1.29 is 0 Å². The number of hydrogen-bond acceptors (Lipinski definition) is 4. The Morgan fingerprint density at radius 3 is 3.13 bits per heavy atom. The van der Waals surface area contributed by atoms with E-state index in [2.05, 4.69) is 15.6 Å². The second-order valence-corrected chi connectivity index (χ2v) is 4.05. The molecule has 82 valence electrons. The Balaban J connectivity index is 1.71. The normalized spacial score (nSPS) is 20.4. The molecule has 1 aliphatic heterocycles. The van der Waals surface area contributed by atoms with E-state index >= 15 is 0 Å². The maximum atomic E-state index is 5.51. The molecule has 1 aliphatic rings. The highest BCUT2D eigenvalue weighted by Crippen LogP contribution is 2.13. The highest BCUT2D eigenvalue weighted by molar-refractivity contribution is 5.45. The monoisotopic (exact) mass is 206 g/mol. The van der Waals surface area contributed by atoms with Gasteiger partial charge in [-0.05, 0) is 44.0 Å². The van der Waals surface area contributed by atoms with Gasteiger partial charge in [0, 0.05) is 6.54 Å². The van der Waals surface area contributed by atoms with Crippen LogP contribution in [0.4, 0.5) is 11.5 Å². The predicted octanol–water partition coefficient (Wildman–Crippen LogP) is 1.08. The lowest BCUT2D eigenvalue weighted by Gasteiger charge is -2.09. The third kappa shape index (κ3) is 3.09. The summed E-state index contributed by atoms with van der Waals surface area (Å²) in [6.45, 7) is 3.35. The van der Waals surface area contributed by atoms with Crippen LogP contribution in [0.25, 0.3) is 0 Å². The third-order valence-electron chi connectivity index (χ3n) is 2.83. The standard InChI is InChI=1S/C11H18N4/c12-11-2-1-10(8-15-11)14-6-4-9-3-5-13-7-9/h1-2,8-9,13-14H,3-7H2,(H2,12,15). The van der Waals surface area contributed by atoms with Gasteiger partial charge in [-0.3, -0.25) is 0 Å². The Hall–Kier alpha value is -1.29. The fraction of sp³-hybridized carbons (Fsp3) is 0.545. The zero-order valence-corrected chi connectivity index (χ0v) is 8.87. The van der Waals surface area contributed by atoms with Crippen molar-refractivity contribution in [1.82, 2.24) is 10.3 Å². The second kappa shape index (κ2) is 4.98. The Bertz CT molecular complexity index is 290. The van der Waals surface area contributed by atoms with Crippen molar-refractivity contribution in [3.63, 3.8) is 0 Å². The van der Waals surface area contributed by atoms with Crippen molar-refractivity contribution in [3.8, 4) is 0 Å². The van der Waals surface area contributed by atoms with Gasteiger partial charge in [0.2, 0.25) is 0 Å². The molecule has 2 heterocycles. The third-order valence-corrected chi connectivity index (χ3v) is 2.83. The first-order chi connectivity index (χ1) is 7.34. The summed E-state index contributed by atoms with van der Waals surface area (Å²) in [5.41, 5.74) is 6.56. The van der Waals surface area contributed by atoms with Crippen LogP contribution in [0, 0.1) is 5.92 Å². The molecule has 0 aromatic carbocycles.